The van der Waals surface area contributed by atoms with Crippen LogP contribution in [0.15, 0.2) is 18.3 Å². The summed E-state index contributed by atoms with van der Waals surface area (Å²) in [4.78, 5) is 18.5. The fourth-order valence-corrected chi connectivity index (χ4v) is 2.82. The molecule has 6 nitrogen and oxygen atoms in total. The molecule has 2 aliphatic heterocycles. The van der Waals surface area contributed by atoms with Crippen molar-refractivity contribution < 1.29 is 9.53 Å². The highest BCUT2D eigenvalue weighted by Gasteiger charge is 2.18. The van der Waals surface area contributed by atoms with Gasteiger partial charge < -0.3 is 20.3 Å². The maximum Gasteiger partial charge on any atom is 0.227 e. The summed E-state index contributed by atoms with van der Waals surface area (Å²) < 4.78 is 5.34. The first-order valence-electron chi connectivity index (χ1n) is 7.63. The molecule has 2 N–H and O–H groups in total. The molecule has 21 heavy (non-hydrogen) atoms. The fraction of sp³-hybridized carbons (Fsp3) is 0.600. The van der Waals surface area contributed by atoms with Crippen LogP contribution in [0.25, 0.3) is 0 Å². The second-order valence-electron chi connectivity index (χ2n) is 5.55. The number of nitrogens with zero attached hydrogens (tertiary/aromatic N) is 2. The first-order valence-corrected chi connectivity index (χ1v) is 7.63. The minimum atomic E-state index is 0.0287. The zero-order valence-electron chi connectivity index (χ0n) is 12.2. The van der Waals surface area contributed by atoms with E-state index in [0.717, 1.165) is 51.4 Å². The summed E-state index contributed by atoms with van der Waals surface area (Å²) in [5.41, 5.74) is 1.08. The number of anilines is 2. The smallest absolute Gasteiger partial charge is 0.227 e. The van der Waals surface area contributed by atoms with Crippen LogP contribution in [0.5, 0.6) is 0 Å². The number of aromatic nitrogens is 1. The molecule has 1 atom stereocenters. The van der Waals surface area contributed by atoms with Gasteiger partial charge in [-0.15, -0.1) is 0 Å². The van der Waals surface area contributed by atoms with Gasteiger partial charge >= 0.3 is 0 Å². The summed E-state index contributed by atoms with van der Waals surface area (Å²) in [6.45, 7) is 4.31. The summed E-state index contributed by atoms with van der Waals surface area (Å²) in [6, 6.07) is 4.18. The first-order chi connectivity index (χ1) is 10.3. The monoisotopic (exact) mass is 290 g/mol. The van der Waals surface area contributed by atoms with E-state index in [1.807, 2.05) is 18.3 Å². The number of pyridine rings is 1. The highest BCUT2D eigenvalue weighted by Crippen LogP contribution is 2.17. The van der Waals surface area contributed by atoms with E-state index in [4.69, 9.17) is 4.74 Å². The zero-order valence-corrected chi connectivity index (χ0v) is 12.2. The largest absolute Gasteiger partial charge is 0.378 e. The zero-order chi connectivity index (χ0) is 14.5. The Morgan fingerprint density at radius 2 is 2.29 bits per heavy atom. The number of carbonyl (C=O) groups excluding carboxylic acids is 1. The molecule has 1 aromatic heterocycles. The van der Waals surface area contributed by atoms with Crippen LogP contribution in [0.1, 0.15) is 19.3 Å². The third kappa shape index (κ3) is 3.92. The second kappa shape index (κ2) is 6.87. The summed E-state index contributed by atoms with van der Waals surface area (Å²) in [7, 11) is 0. The van der Waals surface area contributed by atoms with Gasteiger partial charge in [0, 0.05) is 25.6 Å². The molecule has 114 valence electrons. The average molecular weight is 290 g/mol. The molecular formula is C15H22N4O2. The maximum absolute atomic E-state index is 11.9. The normalized spacial score (nSPS) is 22.3. The molecule has 1 unspecified atom stereocenters. The van der Waals surface area contributed by atoms with Crippen LogP contribution < -0.4 is 15.5 Å². The van der Waals surface area contributed by atoms with Gasteiger partial charge in [-0.3, -0.25) is 4.79 Å². The number of rotatable bonds is 4. The Bertz CT molecular complexity index is 465. The van der Waals surface area contributed by atoms with Crippen molar-refractivity contribution in [3.05, 3.63) is 18.3 Å². The minimum Gasteiger partial charge on any atom is -0.378 e. The predicted octanol–water partition coefficient (Wildman–Crippen LogP) is 0.999. The Balaban J connectivity index is 1.52. The van der Waals surface area contributed by atoms with Gasteiger partial charge in [-0.1, -0.05) is 0 Å². The van der Waals surface area contributed by atoms with Gasteiger partial charge in [0.05, 0.1) is 25.1 Å². The third-order valence-corrected chi connectivity index (χ3v) is 3.99. The van der Waals surface area contributed by atoms with E-state index in [-0.39, 0.29) is 5.91 Å². The van der Waals surface area contributed by atoms with E-state index < -0.39 is 0 Å². The number of morpholine rings is 1. The molecule has 1 amide bonds. The van der Waals surface area contributed by atoms with Gasteiger partial charge in [-0.05, 0) is 31.5 Å². The van der Waals surface area contributed by atoms with Crippen molar-refractivity contribution in [3.8, 4) is 0 Å². The van der Waals surface area contributed by atoms with Crippen molar-refractivity contribution in [2.75, 3.05) is 43.1 Å². The molecule has 2 saturated heterocycles. The van der Waals surface area contributed by atoms with Crippen LogP contribution in [-0.2, 0) is 9.53 Å². The number of hydrogen-bond acceptors (Lipinski definition) is 5. The number of hydrogen-bond donors (Lipinski definition) is 2. The van der Waals surface area contributed by atoms with Crippen LogP contribution in [0.4, 0.5) is 11.5 Å². The van der Waals surface area contributed by atoms with Crippen LogP contribution in [0, 0.1) is 0 Å². The van der Waals surface area contributed by atoms with Crippen molar-refractivity contribution >= 4 is 17.4 Å². The van der Waals surface area contributed by atoms with Crippen molar-refractivity contribution in [3.63, 3.8) is 0 Å². The van der Waals surface area contributed by atoms with Crippen LogP contribution in [0.3, 0.4) is 0 Å². The predicted molar refractivity (Wildman–Crippen MR) is 81.5 cm³/mol. The summed E-state index contributed by atoms with van der Waals surface area (Å²) in [5, 5.41) is 6.19. The molecule has 0 radical (unpaired) electrons. The molecule has 0 bridgehead atoms. The van der Waals surface area contributed by atoms with Crippen molar-refractivity contribution in [1.29, 1.82) is 0 Å². The Morgan fingerprint density at radius 1 is 1.43 bits per heavy atom. The molecular weight excluding hydrogens is 268 g/mol. The quantitative estimate of drug-likeness (QED) is 0.866. The van der Waals surface area contributed by atoms with Crippen molar-refractivity contribution in [2.45, 2.75) is 25.3 Å². The van der Waals surface area contributed by atoms with Gasteiger partial charge in [0.15, 0.2) is 0 Å². The third-order valence-electron chi connectivity index (χ3n) is 3.99. The maximum atomic E-state index is 11.9. The summed E-state index contributed by atoms with van der Waals surface area (Å²) in [5.74, 6) is 0.649. The molecule has 3 rings (SSSR count). The Morgan fingerprint density at radius 3 is 2.95 bits per heavy atom. The number of ether oxygens (including phenoxy) is 1. The minimum absolute atomic E-state index is 0.0287. The highest BCUT2D eigenvalue weighted by atomic mass is 16.5. The van der Waals surface area contributed by atoms with E-state index >= 15 is 0 Å². The Hall–Kier alpha value is -1.66. The average Bonchev–Trinajstić information content (AvgIpc) is 3.02. The molecule has 2 aliphatic rings. The van der Waals surface area contributed by atoms with Crippen LogP contribution in [0.2, 0.25) is 0 Å². The first kappa shape index (κ1) is 14.3. The lowest BCUT2D eigenvalue weighted by Crippen LogP contribution is -2.36. The van der Waals surface area contributed by atoms with Crippen LogP contribution >= 0.6 is 0 Å². The highest BCUT2D eigenvalue weighted by molar-refractivity contribution is 5.90. The molecule has 0 saturated carbocycles. The van der Waals surface area contributed by atoms with Crippen molar-refractivity contribution in [1.82, 2.24) is 10.3 Å². The van der Waals surface area contributed by atoms with E-state index in [2.05, 4.69) is 20.5 Å². The molecule has 0 aromatic carbocycles. The van der Waals surface area contributed by atoms with Gasteiger partial charge in [0.2, 0.25) is 5.91 Å². The van der Waals surface area contributed by atoms with Gasteiger partial charge in [-0.25, -0.2) is 4.98 Å². The van der Waals surface area contributed by atoms with Gasteiger partial charge in [0.1, 0.15) is 5.82 Å². The Kier molecular flexibility index (Phi) is 4.67. The van der Waals surface area contributed by atoms with Crippen molar-refractivity contribution in [2.24, 2.45) is 0 Å². The lowest BCUT2D eigenvalue weighted by Gasteiger charge is -2.28. The van der Waals surface area contributed by atoms with Gasteiger partial charge in [-0.2, -0.15) is 0 Å². The topological polar surface area (TPSA) is 66.5 Å². The lowest BCUT2D eigenvalue weighted by atomic mass is 10.1. The summed E-state index contributed by atoms with van der Waals surface area (Å²) in [6.07, 6.45) is 4.57. The molecule has 0 aliphatic carbocycles. The summed E-state index contributed by atoms with van der Waals surface area (Å²) >= 11 is 0. The fourth-order valence-electron chi connectivity index (χ4n) is 2.82. The molecule has 2 fully saturated rings. The van der Waals surface area contributed by atoms with E-state index in [1.54, 1.807) is 0 Å². The second-order valence-corrected chi connectivity index (χ2v) is 5.55. The van der Waals surface area contributed by atoms with E-state index in [1.165, 1.54) is 0 Å². The number of amides is 1. The number of carbonyl (C=O) groups is 1. The van der Waals surface area contributed by atoms with E-state index in [9.17, 15) is 4.79 Å². The lowest BCUT2D eigenvalue weighted by molar-refractivity contribution is -0.116. The van der Waals surface area contributed by atoms with E-state index in [0.29, 0.717) is 18.3 Å². The molecule has 1 aromatic rings. The van der Waals surface area contributed by atoms with Crippen LogP contribution in [-0.4, -0.2) is 49.8 Å². The molecule has 6 heteroatoms. The Labute approximate surface area is 124 Å². The number of nitrogens with one attached hydrogen (secondary N) is 2. The van der Waals surface area contributed by atoms with Gasteiger partial charge in [0.25, 0.3) is 0 Å². The SMILES string of the molecule is O=C(CC1CCCN1)Nc1ccc(N2CCOCC2)cn1. The molecule has 3 heterocycles. The standard InChI is InChI=1S/C15H22N4O2/c20-15(10-12-2-1-5-16-12)18-14-4-3-13(11-17-14)19-6-8-21-9-7-19/h3-4,11-12,16H,1-2,5-10H2,(H,17,18,20). The molecule has 0 spiro atoms.